The van der Waals surface area contributed by atoms with Crippen LogP contribution in [0.2, 0.25) is 0 Å². The molecule has 1 aromatic heterocycles. The molecule has 0 amide bonds. The first-order chi connectivity index (χ1) is 8.82. The Hall–Kier alpha value is -1.82. The van der Waals surface area contributed by atoms with E-state index in [4.69, 9.17) is 5.73 Å². The fourth-order valence-electron chi connectivity index (χ4n) is 2.23. The van der Waals surface area contributed by atoms with Crippen molar-refractivity contribution in [3.05, 3.63) is 46.5 Å². The molecule has 2 aromatic rings. The SMILES string of the molecule is Cc1nn(-c2cc(F)c(F)c(F)c2)c(C)c1C(C)N. The zero-order valence-corrected chi connectivity index (χ0v) is 10.8. The van der Waals surface area contributed by atoms with Gasteiger partial charge >= 0.3 is 0 Å². The number of nitrogens with two attached hydrogens (primary N) is 1. The Kier molecular flexibility index (Phi) is 3.36. The van der Waals surface area contributed by atoms with Crippen molar-refractivity contribution in [3.8, 4) is 5.69 Å². The van der Waals surface area contributed by atoms with E-state index in [-0.39, 0.29) is 11.7 Å². The van der Waals surface area contributed by atoms with Crippen molar-refractivity contribution in [1.29, 1.82) is 0 Å². The molecule has 2 rings (SSSR count). The van der Waals surface area contributed by atoms with Crippen LogP contribution in [0.15, 0.2) is 12.1 Å². The molecule has 0 saturated carbocycles. The Bertz CT molecular complexity index is 609. The zero-order valence-electron chi connectivity index (χ0n) is 10.8. The van der Waals surface area contributed by atoms with E-state index in [1.807, 2.05) is 0 Å². The lowest BCUT2D eigenvalue weighted by Gasteiger charge is -2.08. The highest BCUT2D eigenvalue weighted by Crippen LogP contribution is 2.24. The fraction of sp³-hybridized carbons (Fsp3) is 0.308. The van der Waals surface area contributed by atoms with Crippen molar-refractivity contribution >= 4 is 0 Å². The van der Waals surface area contributed by atoms with Crippen molar-refractivity contribution in [2.45, 2.75) is 26.8 Å². The summed E-state index contributed by atoms with van der Waals surface area (Å²) in [6.07, 6.45) is 0. The summed E-state index contributed by atoms with van der Waals surface area (Å²) in [5, 5.41) is 4.19. The Morgan fingerprint density at radius 2 is 1.68 bits per heavy atom. The molecule has 102 valence electrons. The maximum Gasteiger partial charge on any atom is 0.194 e. The van der Waals surface area contributed by atoms with Crippen LogP contribution in [0.25, 0.3) is 5.69 Å². The van der Waals surface area contributed by atoms with Gasteiger partial charge in [-0.3, -0.25) is 0 Å². The van der Waals surface area contributed by atoms with Crippen LogP contribution >= 0.6 is 0 Å². The minimum atomic E-state index is -1.49. The molecule has 0 spiro atoms. The average molecular weight is 269 g/mol. The quantitative estimate of drug-likeness (QED) is 0.852. The lowest BCUT2D eigenvalue weighted by Crippen LogP contribution is -2.08. The van der Waals surface area contributed by atoms with E-state index in [1.165, 1.54) is 4.68 Å². The summed E-state index contributed by atoms with van der Waals surface area (Å²) in [7, 11) is 0. The van der Waals surface area contributed by atoms with Crippen LogP contribution < -0.4 is 5.73 Å². The smallest absolute Gasteiger partial charge is 0.194 e. The Labute approximate surface area is 108 Å². The summed E-state index contributed by atoms with van der Waals surface area (Å²) in [4.78, 5) is 0. The van der Waals surface area contributed by atoms with Crippen molar-refractivity contribution in [2.75, 3.05) is 0 Å². The molecular formula is C13H14F3N3. The maximum atomic E-state index is 13.2. The molecule has 0 saturated heterocycles. The summed E-state index contributed by atoms with van der Waals surface area (Å²) >= 11 is 0. The van der Waals surface area contributed by atoms with Crippen LogP contribution in [-0.2, 0) is 0 Å². The number of aromatic nitrogens is 2. The number of hydrogen-bond donors (Lipinski definition) is 1. The highest BCUT2D eigenvalue weighted by atomic mass is 19.2. The van der Waals surface area contributed by atoms with Gasteiger partial charge in [-0.25, -0.2) is 17.9 Å². The second-order valence-electron chi connectivity index (χ2n) is 4.51. The van der Waals surface area contributed by atoms with Crippen LogP contribution in [0.1, 0.15) is 29.9 Å². The molecule has 0 radical (unpaired) electrons. The van der Waals surface area contributed by atoms with Gasteiger partial charge in [0.1, 0.15) is 0 Å². The molecule has 0 bridgehead atoms. The lowest BCUT2D eigenvalue weighted by molar-refractivity contribution is 0.446. The Morgan fingerprint density at radius 1 is 1.16 bits per heavy atom. The normalized spacial score (nSPS) is 12.8. The molecule has 0 aliphatic heterocycles. The first-order valence-electron chi connectivity index (χ1n) is 5.79. The number of halogens is 3. The molecule has 2 N–H and O–H groups in total. The van der Waals surface area contributed by atoms with Crippen LogP contribution in [-0.4, -0.2) is 9.78 Å². The van der Waals surface area contributed by atoms with E-state index in [1.54, 1.807) is 20.8 Å². The largest absolute Gasteiger partial charge is 0.324 e. The van der Waals surface area contributed by atoms with Crippen molar-refractivity contribution in [1.82, 2.24) is 9.78 Å². The molecule has 1 heterocycles. The third-order valence-electron chi connectivity index (χ3n) is 3.02. The van der Waals surface area contributed by atoms with Gasteiger partial charge in [-0.05, 0) is 20.8 Å². The maximum absolute atomic E-state index is 13.2. The minimum absolute atomic E-state index is 0.129. The molecule has 1 aromatic carbocycles. The van der Waals surface area contributed by atoms with Crippen molar-refractivity contribution in [2.24, 2.45) is 5.73 Å². The third kappa shape index (κ3) is 2.23. The summed E-state index contributed by atoms with van der Waals surface area (Å²) in [6.45, 7) is 5.31. The average Bonchev–Trinajstić information content (AvgIpc) is 2.61. The summed E-state index contributed by atoms with van der Waals surface area (Å²) in [5.41, 5.74) is 8.13. The van der Waals surface area contributed by atoms with Crippen molar-refractivity contribution in [3.63, 3.8) is 0 Å². The third-order valence-corrected chi connectivity index (χ3v) is 3.02. The van der Waals surface area contributed by atoms with Gasteiger partial charge in [0.2, 0.25) is 0 Å². The highest BCUT2D eigenvalue weighted by molar-refractivity contribution is 5.39. The molecular weight excluding hydrogens is 255 g/mol. The lowest BCUT2D eigenvalue weighted by atomic mass is 10.1. The van der Waals surface area contributed by atoms with E-state index < -0.39 is 17.5 Å². The predicted octanol–water partition coefficient (Wildman–Crippen LogP) is 2.93. The number of benzene rings is 1. The first-order valence-corrected chi connectivity index (χ1v) is 5.79. The summed E-state index contributed by atoms with van der Waals surface area (Å²) in [5.74, 6) is -3.98. The number of hydrogen-bond acceptors (Lipinski definition) is 2. The van der Waals surface area contributed by atoms with E-state index in [9.17, 15) is 13.2 Å². The van der Waals surface area contributed by atoms with Crippen LogP contribution in [0.4, 0.5) is 13.2 Å². The summed E-state index contributed by atoms with van der Waals surface area (Å²) in [6, 6.07) is 1.56. The van der Waals surface area contributed by atoms with Gasteiger partial charge in [0.05, 0.1) is 11.4 Å². The zero-order chi connectivity index (χ0) is 14.3. The second-order valence-corrected chi connectivity index (χ2v) is 4.51. The van der Waals surface area contributed by atoms with Crippen molar-refractivity contribution < 1.29 is 13.2 Å². The molecule has 6 heteroatoms. The van der Waals surface area contributed by atoms with E-state index in [2.05, 4.69) is 5.10 Å². The van der Waals surface area contributed by atoms with Gasteiger partial charge in [-0.1, -0.05) is 0 Å². The monoisotopic (exact) mass is 269 g/mol. The van der Waals surface area contributed by atoms with Gasteiger partial charge in [0.15, 0.2) is 17.5 Å². The molecule has 0 fully saturated rings. The molecule has 0 aliphatic carbocycles. The van der Waals surface area contributed by atoms with Gasteiger partial charge in [0.25, 0.3) is 0 Å². The highest BCUT2D eigenvalue weighted by Gasteiger charge is 2.18. The van der Waals surface area contributed by atoms with Gasteiger partial charge in [0, 0.05) is 29.4 Å². The number of nitrogens with zero attached hydrogens (tertiary/aromatic N) is 2. The van der Waals surface area contributed by atoms with E-state index in [0.29, 0.717) is 11.4 Å². The Morgan fingerprint density at radius 3 is 2.11 bits per heavy atom. The predicted molar refractivity (Wildman–Crippen MR) is 65.5 cm³/mol. The van der Waals surface area contributed by atoms with Gasteiger partial charge in [-0.15, -0.1) is 0 Å². The van der Waals surface area contributed by atoms with E-state index >= 15 is 0 Å². The molecule has 3 nitrogen and oxygen atoms in total. The molecule has 19 heavy (non-hydrogen) atoms. The van der Waals surface area contributed by atoms with E-state index in [0.717, 1.165) is 17.7 Å². The fourth-order valence-corrected chi connectivity index (χ4v) is 2.23. The molecule has 1 atom stereocenters. The molecule has 1 unspecified atom stereocenters. The topological polar surface area (TPSA) is 43.8 Å². The standard InChI is InChI=1S/C13H14F3N3/c1-6(17)12-7(2)18-19(8(12)3)9-4-10(14)13(16)11(15)5-9/h4-6H,17H2,1-3H3. The second kappa shape index (κ2) is 4.70. The van der Waals surface area contributed by atoms with Crippen LogP contribution in [0.3, 0.4) is 0 Å². The minimum Gasteiger partial charge on any atom is -0.324 e. The summed E-state index contributed by atoms with van der Waals surface area (Å²) < 4.78 is 40.8. The first kappa shape index (κ1) is 13.6. The van der Waals surface area contributed by atoms with Crippen LogP contribution in [0.5, 0.6) is 0 Å². The molecule has 0 aliphatic rings. The van der Waals surface area contributed by atoms with Gasteiger partial charge in [-0.2, -0.15) is 5.10 Å². The van der Waals surface area contributed by atoms with Gasteiger partial charge < -0.3 is 5.73 Å². The number of aryl methyl sites for hydroxylation is 1. The van der Waals surface area contributed by atoms with Crippen LogP contribution in [0, 0.1) is 31.3 Å². The number of rotatable bonds is 2. The Balaban J connectivity index is 2.63.